The summed E-state index contributed by atoms with van der Waals surface area (Å²) in [7, 11) is 1.88. The molecule has 0 aliphatic carbocycles. The molecule has 1 aromatic carbocycles. The van der Waals surface area contributed by atoms with Gasteiger partial charge in [0, 0.05) is 29.6 Å². The van der Waals surface area contributed by atoms with Gasteiger partial charge in [-0.2, -0.15) is 0 Å². The Hall–Kier alpha value is -1.24. The van der Waals surface area contributed by atoms with Crippen LogP contribution in [0.15, 0.2) is 36.7 Å². The first-order valence-electron chi connectivity index (χ1n) is 5.08. The molecule has 17 heavy (non-hydrogen) atoms. The third-order valence-corrected chi connectivity index (χ3v) is 2.81. The number of hydrogen-bond donors (Lipinski definition) is 0. The molecule has 2 rings (SSSR count). The molecule has 88 valence electrons. The molecule has 0 radical (unpaired) electrons. The number of benzene rings is 1. The van der Waals surface area contributed by atoms with E-state index in [9.17, 15) is 4.39 Å². The van der Waals surface area contributed by atoms with Gasteiger partial charge in [-0.1, -0.05) is 12.1 Å². The summed E-state index contributed by atoms with van der Waals surface area (Å²) in [5.41, 5.74) is 0.898. The molecule has 0 atom stereocenters. The van der Waals surface area contributed by atoms with Gasteiger partial charge in [-0.05, 0) is 40.3 Å². The van der Waals surface area contributed by atoms with E-state index >= 15 is 0 Å². The van der Waals surface area contributed by atoms with Gasteiger partial charge in [0.1, 0.15) is 5.82 Å². The normalized spacial score (nSPS) is 10.3. The van der Waals surface area contributed by atoms with Crippen molar-refractivity contribution in [1.29, 1.82) is 0 Å². The lowest BCUT2D eigenvalue weighted by atomic mass is 10.2. The summed E-state index contributed by atoms with van der Waals surface area (Å²) in [5, 5.41) is 0. The highest BCUT2D eigenvalue weighted by Crippen LogP contribution is 2.11. The van der Waals surface area contributed by atoms with E-state index < -0.39 is 0 Å². The molecular weight excluding hydrogens is 332 g/mol. The summed E-state index contributed by atoms with van der Waals surface area (Å²) in [4.78, 5) is 10.3. The van der Waals surface area contributed by atoms with Crippen LogP contribution in [0.3, 0.4) is 0 Å². The second-order valence-corrected chi connectivity index (χ2v) is 4.93. The molecule has 0 aliphatic heterocycles. The molecule has 0 spiro atoms. The molecule has 3 nitrogen and oxygen atoms in total. The molecule has 0 saturated carbocycles. The number of anilines is 1. The van der Waals surface area contributed by atoms with Crippen molar-refractivity contribution in [3.05, 3.63) is 51.6 Å². The SMILES string of the molecule is CN(Cc1cccc(F)c1)c1ncc(I)cn1. The Kier molecular flexibility index (Phi) is 3.88. The number of aromatic nitrogens is 2. The Morgan fingerprint density at radius 1 is 1.29 bits per heavy atom. The zero-order valence-corrected chi connectivity index (χ0v) is 11.4. The fraction of sp³-hybridized carbons (Fsp3) is 0.167. The average molecular weight is 343 g/mol. The molecule has 5 heteroatoms. The molecule has 1 heterocycles. The molecule has 0 amide bonds. The maximum Gasteiger partial charge on any atom is 0.225 e. The van der Waals surface area contributed by atoms with Gasteiger partial charge < -0.3 is 4.90 Å². The van der Waals surface area contributed by atoms with Crippen molar-refractivity contribution >= 4 is 28.5 Å². The van der Waals surface area contributed by atoms with Crippen LogP contribution in [0, 0.1) is 9.39 Å². The van der Waals surface area contributed by atoms with E-state index in [0.29, 0.717) is 12.5 Å². The molecule has 0 bridgehead atoms. The minimum Gasteiger partial charge on any atom is -0.340 e. The van der Waals surface area contributed by atoms with Crippen LogP contribution in [0.1, 0.15) is 5.56 Å². The predicted octanol–water partition coefficient (Wildman–Crippen LogP) is 2.86. The molecule has 0 aliphatic rings. The highest BCUT2D eigenvalue weighted by atomic mass is 127. The highest BCUT2D eigenvalue weighted by molar-refractivity contribution is 14.1. The van der Waals surface area contributed by atoms with Crippen molar-refractivity contribution in [3.8, 4) is 0 Å². The van der Waals surface area contributed by atoms with Gasteiger partial charge in [0.15, 0.2) is 0 Å². The quantitative estimate of drug-likeness (QED) is 0.803. The van der Waals surface area contributed by atoms with Gasteiger partial charge in [-0.25, -0.2) is 14.4 Å². The van der Waals surface area contributed by atoms with Crippen LogP contribution in [0.2, 0.25) is 0 Å². The average Bonchev–Trinajstić information content (AvgIpc) is 2.29. The Morgan fingerprint density at radius 2 is 2.00 bits per heavy atom. The minimum atomic E-state index is -0.223. The van der Waals surface area contributed by atoms with E-state index in [1.54, 1.807) is 18.5 Å². The maximum atomic E-state index is 13.0. The standard InChI is InChI=1S/C12H11FIN3/c1-17(12-15-6-11(14)7-16-12)8-9-3-2-4-10(13)5-9/h2-7H,8H2,1H3. The molecular formula is C12H11FIN3. The van der Waals surface area contributed by atoms with Gasteiger partial charge in [0.25, 0.3) is 0 Å². The van der Waals surface area contributed by atoms with Gasteiger partial charge >= 0.3 is 0 Å². The number of halogens is 2. The van der Waals surface area contributed by atoms with E-state index in [2.05, 4.69) is 32.6 Å². The number of nitrogens with zero attached hydrogens (tertiary/aromatic N) is 3. The third-order valence-electron chi connectivity index (χ3n) is 2.26. The van der Waals surface area contributed by atoms with Crippen molar-refractivity contribution in [2.24, 2.45) is 0 Å². The molecule has 0 fully saturated rings. The summed E-state index contributed by atoms with van der Waals surface area (Å²) < 4.78 is 14.0. The van der Waals surface area contributed by atoms with Crippen LogP contribution < -0.4 is 4.90 Å². The number of hydrogen-bond acceptors (Lipinski definition) is 3. The van der Waals surface area contributed by atoms with Crippen LogP contribution in [-0.2, 0) is 6.54 Å². The number of rotatable bonds is 3. The van der Waals surface area contributed by atoms with E-state index in [1.807, 2.05) is 18.0 Å². The first kappa shape index (κ1) is 12.2. The highest BCUT2D eigenvalue weighted by Gasteiger charge is 2.05. The van der Waals surface area contributed by atoms with Crippen LogP contribution in [-0.4, -0.2) is 17.0 Å². The monoisotopic (exact) mass is 343 g/mol. The largest absolute Gasteiger partial charge is 0.340 e. The van der Waals surface area contributed by atoms with E-state index in [1.165, 1.54) is 12.1 Å². The predicted molar refractivity (Wildman–Crippen MR) is 73.3 cm³/mol. The first-order valence-corrected chi connectivity index (χ1v) is 6.16. The van der Waals surface area contributed by atoms with Crippen molar-refractivity contribution in [1.82, 2.24) is 9.97 Å². The second kappa shape index (κ2) is 5.39. The van der Waals surface area contributed by atoms with Crippen LogP contribution in [0.4, 0.5) is 10.3 Å². The Balaban J connectivity index is 2.11. The van der Waals surface area contributed by atoms with Gasteiger partial charge in [-0.3, -0.25) is 0 Å². The molecule has 2 aromatic rings. The molecule has 1 aromatic heterocycles. The van der Waals surface area contributed by atoms with E-state index in [-0.39, 0.29) is 5.82 Å². The fourth-order valence-electron chi connectivity index (χ4n) is 1.48. The third kappa shape index (κ3) is 3.36. The topological polar surface area (TPSA) is 29.0 Å². The molecule has 0 unspecified atom stereocenters. The lowest BCUT2D eigenvalue weighted by Gasteiger charge is -2.16. The summed E-state index contributed by atoms with van der Waals surface area (Å²) in [5.74, 6) is 0.411. The maximum absolute atomic E-state index is 13.0. The Morgan fingerprint density at radius 3 is 2.65 bits per heavy atom. The van der Waals surface area contributed by atoms with E-state index in [4.69, 9.17) is 0 Å². The van der Waals surface area contributed by atoms with E-state index in [0.717, 1.165) is 9.13 Å². The summed E-state index contributed by atoms with van der Waals surface area (Å²) in [6.07, 6.45) is 3.51. The first-order chi connectivity index (χ1) is 8.15. The zero-order valence-electron chi connectivity index (χ0n) is 9.27. The Labute approximate surface area is 113 Å². The zero-order chi connectivity index (χ0) is 12.3. The lowest BCUT2D eigenvalue weighted by molar-refractivity contribution is 0.625. The fourth-order valence-corrected chi connectivity index (χ4v) is 1.76. The molecule has 0 N–H and O–H groups in total. The van der Waals surface area contributed by atoms with Crippen molar-refractivity contribution in [3.63, 3.8) is 0 Å². The van der Waals surface area contributed by atoms with Crippen LogP contribution in [0.5, 0.6) is 0 Å². The second-order valence-electron chi connectivity index (χ2n) is 3.69. The van der Waals surface area contributed by atoms with Crippen LogP contribution >= 0.6 is 22.6 Å². The van der Waals surface area contributed by atoms with Gasteiger partial charge in [-0.15, -0.1) is 0 Å². The summed E-state index contributed by atoms with van der Waals surface area (Å²) in [6.45, 7) is 0.582. The Bertz CT molecular complexity index is 501. The van der Waals surface area contributed by atoms with Gasteiger partial charge in [0.05, 0.1) is 0 Å². The minimum absolute atomic E-state index is 0.223. The molecule has 0 saturated heterocycles. The summed E-state index contributed by atoms with van der Waals surface area (Å²) in [6, 6.07) is 6.54. The van der Waals surface area contributed by atoms with Crippen LogP contribution in [0.25, 0.3) is 0 Å². The summed E-state index contributed by atoms with van der Waals surface area (Å²) >= 11 is 2.15. The smallest absolute Gasteiger partial charge is 0.225 e. The van der Waals surface area contributed by atoms with Crippen molar-refractivity contribution < 1.29 is 4.39 Å². The van der Waals surface area contributed by atoms with Gasteiger partial charge in [0.2, 0.25) is 5.95 Å². The van der Waals surface area contributed by atoms with Crippen molar-refractivity contribution in [2.45, 2.75) is 6.54 Å². The lowest BCUT2D eigenvalue weighted by Crippen LogP contribution is -2.19. The van der Waals surface area contributed by atoms with Crippen molar-refractivity contribution in [2.75, 3.05) is 11.9 Å².